The lowest BCUT2D eigenvalue weighted by molar-refractivity contribution is 0.284. The van der Waals surface area contributed by atoms with Crippen LogP contribution in [0.3, 0.4) is 0 Å². The summed E-state index contributed by atoms with van der Waals surface area (Å²) in [6.45, 7) is 5.42. The fourth-order valence-corrected chi connectivity index (χ4v) is 3.82. The highest BCUT2D eigenvalue weighted by atomic mass is 15.3. The zero-order chi connectivity index (χ0) is 19.0. The summed E-state index contributed by atoms with van der Waals surface area (Å²) < 4.78 is 1.97. The van der Waals surface area contributed by atoms with Crippen molar-refractivity contribution in [2.24, 2.45) is 0 Å². The van der Waals surface area contributed by atoms with E-state index >= 15 is 0 Å². The number of para-hydroxylation sites is 1. The molecule has 1 aromatic carbocycles. The third-order valence-electron chi connectivity index (χ3n) is 5.36. The van der Waals surface area contributed by atoms with E-state index in [1.807, 2.05) is 35.1 Å². The van der Waals surface area contributed by atoms with E-state index in [1.165, 1.54) is 44.3 Å². The SMILES string of the molecule is c1ccc(-n2cc(CNCCN3CCCCCC3)c(-c3cccnc3)n2)cc1. The number of rotatable bonds is 7. The molecular weight excluding hydrogens is 346 g/mol. The summed E-state index contributed by atoms with van der Waals surface area (Å²) in [4.78, 5) is 6.87. The summed E-state index contributed by atoms with van der Waals surface area (Å²) in [6.07, 6.45) is 11.3. The van der Waals surface area contributed by atoms with Crippen LogP contribution in [-0.4, -0.2) is 45.8 Å². The Balaban J connectivity index is 1.45. The summed E-state index contributed by atoms with van der Waals surface area (Å²) in [5.41, 5.74) is 4.33. The fraction of sp³-hybridized carbons (Fsp3) is 0.391. The molecule has 28 heavy (non-hydrogen) atoms. The van der Waals surface area contributed by atoms with Crippen molar-refractivity contribution in [1.29, 1.82) is 0 Å². The summed E-state index contributed by atoms with van der Waals surface area (Å²) in [5.74, 6) is 0. The van der Waals surface area contributed by atoms with Gasteiger partial charge in [0.2, 0.25) is 0 Å². The maximum absolute atomic E-state index is 4.86. The predicted octanol–water partition coefficient (Wildman–Crippen LogP) is 3.90. The van der Waals surface area contributed by atoms with Gasteiger partial charge >= 0.3 is 0 Å². The Kier molecular flexibility index (Phi) is 6.48. The Hall–Kier alpha value is -2.50. The minimum Gasteiger partial charge on any atom is -0.311 e. The van der Waals surface area contributed by atoms with E-state index in [4.69, 9.17) is 5.10 Å². The van der Waals surface area contributed by atoms with Crippen LogP contribution < -0.4 is 5.32 Å². The van der Waals surface area contributed by atoms with Crippen LogP contribution >= 0.6 is 0 Å². The predicted molar refractivity (Wildman–Crippen MR) is 113 cm³/mol. The molecule has 0 atom stereocenters. The zero-order valence-corrected chi connectivity index (χ0v) is 16.4. The van der Waals surface area contributed by atoms with Gasteiger partial charge in [-0.1, -0.05) is 31.0 Å². The van der Waals surface area contributed by atoms with Crippen molar-refractivity contribution >= 4 is 0 Å². The molecule has 1 aliphatic rings. The molecule has 0 radical (unpaired) electrons. The summed E-state index contributed by atoms with van der Waals surface area (Å²) in [6, 6.07) is 14.3. The molecule has 5 nitrogen and oxygen atoms in total. The summed E-state index contributed by atoms with van der Waals surface area (Å²) in [5, 5.41) is 8.49. The Morgan fingerprint density at radius 1 is 0.929 bits per heavy atom. The molecule has 0 amide bonds. The maximum atomic E-state index is 4.86. The van der Waals surface area contributed by atoms with Crippen molar-refractivity contribution in [1.82, 2.24) is 25.0 Å². The lowest BCUT2D eigenvalue weighted by atomic mass is 10.1. The minimum atomic E-state index is 0.810. The van der Waals surface area contributed by atoms with Gasteiger partial charge in [0.15, 0.2) is 0 Å². The molecule has 0 aliphatic carbocycles. The van der Waals surface area contributed by atoms with Crippen LogP contribution in [0.4, 0.5) is 0 Å². The molecule has 4 rings (SSSR count). The van der Waals surface area contributed by atoms with E-state index in [-0.39, 0.29) is 0 Å². The van der Waals surface area contributed by atoms with Crippen molar-refractivity contribution in [3.63, 3.8) is 0 Å². The molecule has 0 spiro atoms. The second-order valence-electron chi connectivity index (χ2n) is 7.46. The highest BCUT2D eigenvalue weighted by Crippen LogP contribution is 2.23. The van der Waals surface area contributed by atoms with E-state index in [2.05, 4.69) is 39.6 Å². The number of hydrogen-bond donors (Lipinski definition) is 1. The lowest BCUT2D eigenvalue weighted by Gasteiger charge is -2.19. The molecule has 146 valence electrons. The van der Waals surface area contributed by atoms with Gasteiger partial charge in [-0.2, -0.15) is 5.10 Å². The van der Waals surface area contributed by atoms with Crippen molar-refractivity contribution in [2.75, 3.05) is 26.2 Å². The van der Waals surface area contributed by atoms with Crippen molar-refractivity contribution in [2.45, 2.75) is 32.2 Å². The van der Waals surface area contributed by atoms with Crippen molar-refractivity contribution in [3.05, 3.63) is 66.6 Å². The van der Waals surface area contributed by atoms with Gasteiger partial charge in [-0.15, -0.1) is 0 Å². The monoisotopic (exact) mass is 375 g/mol. The first-order valence-electron chi connectivity index (χ1n) is 10.4. The lowest BCUT2D eigenvalue weighted by Crippen LogP contribution is -2.32. The number of aromatic nitrogens is 3. The molecular formula is C23H29N5. The van der Waals surface area contributed by atoms with Gasteiger partial charge in [-0.25, -0.2) is 4.68 Å². The molecule has 5 heteroatoms. The molecule has 1 saturated heterocycles. The molecule has 0 unspecified atom stereocenters. The van der Waals surface area contributed by atoms with Crippen molar-refractivity contribution < 1.29 is 0 Å². The third kappa shape index (κ3) is 4.86. The number of nitrogens with zero attached hydrogens (tertiary/aromatic N) is 4. The Bertz CT molecular complexity index is 836. The standard InChI is InChI=1S/C23H29N5/c1-2-7-15-27(14-6-1)16-13-25-18-21-19-28(22-10-4-3-5-11-22)26-23(21)20-9-8-12-24-17-20/h3-5,8-12,17,19,25H,1-2,6-7,13-16,18H2. The topological polar surface area (TPSA) is 46.0 Å². The van der Waals surface area contributed by atoms with Crippen LogP contribution in [0.15, 0.2) is 61.1 Å². The van der Waals surface area contributed by atoms with Gasteiger partial charge in [-0.3, -0.25) is 4.98 Å². The van der Waals surface area contributed by atoms with E-state index in [9.17, 15) is 0 Å². The second kappa shape index (κ2) is 9.62. The van der Waals surface area contributed by atoms with Gasteiger partial charge in [0.1, 0.15) is 0 Å². The van der Waals surface area contributed by atoms with Crippen LogP contribution in [0.1, 0.15) is 31.2 Å². The van der Waals surface area contributed by atoms with Gasteiger partial charge in [0.25, 0.3) is 0 Å². The molecule has 1 aliphatic heterocycles. The fourth-order valence-electron chi connectivity index (χ4n) is 3.82. The second-order valence-corrected chi connectivity index (χ2v) is 7.46. The normalized spacial score (nSPS) is 15.4. The number of nitrogens with one attached hydrogen (secondary N) is 1. The average Bonchev–Trinajstić information content (AvgIpc) is 3.01. The van der Waals surface area contributed by atoms with Crippen LogP contribution in [0, 0.1) is 0 Å². The third-order valence-corrected chi connectivity index (χ3v) is 5.36. The maximum Gasteiger partial charge on any atom is 0.0988 e. The van der Waals surface area contributed by atoms with Crippen LogP contribution in [0.25, 0.3) is 16.9 Å². The Morgan fingerprint density at radius 3 is 2.50 bits per heavy atom. The van der Waals surface area contributed by atoms with Gasteiger partial charge < -0.3 is 10.2 Å². The molecule has 1 fully saturated rings. The Morgan fingerprint density at radius 2 is 1.75 bits per heavy atom. The molecule has 2 aromatic heterocycles. The van der Waals surface area contributed by atoms with E-state index in [0.29, 0.717) is 0 Å². The van der Waals surface area contributed by atoms with Crippen LogP contribution in [0.5, 0.6) is 0 Å². The first-order chi connectivity index (χ1) is 13.9. The quantitative estimate of drug-likeness (QED) is 0.636. The van der Waals surface area contributed by atoms with Crippen LogP contribution in [0.2, 0.25) is 0 Å². The number of likely N-dealkylation sites (tertiary alicyclic amines) is 1. The number of benzene rings is 1. The largest absolute Gasteiger partial charge is 0.311 e. The van der Waals surface area contributed by atoms with Gasteiger partial charge in [0, 0.05) is 49.4 Å². The summed E-state index contributed by atoms with van der Waals surface area (Å²) >= 11 is 0. The number of hydrogen-bond acceptors (Lipinski definition) is 4. The average molecular weight is 376 g/mol. The zero-order valence-electron chi connectivity index (χ0n) is 16.4. The van der Waals surface area contributed by atoms with Crippen LogP contribution in [-0.2, 0) is 6.54 Å². The minimum absolute atomic E-state index is 0.810. The highest BCUT2D eigenvalue weighted by Gasteiger charge is 2.13. The first kappa shape index (κ1) is 18.8. The van der Waals surface area contributed by atoms with E-state index in [0.717, 1.165) is 36.6 Å². The molecule has 3 aromatic rings. The summed E-state index contributed by atoms with van der Waals surface area (Å²) in [7, 11) is 0. The molecule has 3 heterocycles. The molecule has 0 saturated carbocycles. The number of pyridine rings is 1. The van der Waals surface area contributed by atoms with Crippen molar-refractivity contribution in [3.8, 4) is 16.9 Å². The smallest absolute Gasteiger partial charge is 0.0988 e. The Labute approximate surface area is 167 Å². The molecule has 0 bridgehead atoms. The first-order valence-corrected chi connectivity index (χ1v) is 10.4. The van der Waals surface area contributed by atoms with E-state index < -0.39 is 0 Å². The van der Waals surface area contributed by atoms with Gasteiger partial charge in [0.05, 0.1) is 11.4 Å². The van der Waals surface area contributed by atoms with E-state index in [1.54, 1.807) is 6.20 Å². The highest BCUT2D eigenvalue weighted by molar-refractivity contribution is 5.62. The van der Waals surface area contributed by atoms with Gasteiger partial charge in [-0.05, 0) is 50.2 Å². The molecule has 1 N–H and O–H groups in total.